The van der Waals surface area contributed by atoms with Crippen LogP contribution in [0.15, 0.2) is 50.1 Å². The summed E-state index contributed by atoms with van der Waals surface area (Å²) in [6.07, 6.45) is 5.44. The van der Waals surface area contributed by atoms with Crippen LogP contribution in [0, 0.1) is 5.92 Å². The predicted molar refractivity (Wildman–Crippen MR) is 155 cm³/mol. The second-order valence-corrected chi connectivity index (χ2v) is 6.74. The number of rotatable bonds is 10. The molecule has 0 aromatic heterocycles. The molecule has 0 radical (unpaired) electrons. The van der Waals surface area contributed by atoms with Crippen molar-refractivity contribution in [1.82, 2.24) is 10.6 Å². The molecule has 1 aromatic carbocycles. The molecular weight excluding hydrogens is 424 g/mol. The third-order valence-corrected chi connectivity index (χ3v) is 3.84. The number of anilines is 1. The Hall–Kier alpha value is -2.15. The first kappa shape index (κ1) is 42.0. The first-order chi connectivity index (χ1) is 16.4. The number of nitrogens with one attached hydrogen (secondary N) is 3. The van der Waals surface area contributed by atoms with Gasteiger partial charge in [0.1, 0.15) is 0 Å². The summed E-state index contributed by atoms with van der Waals surface area (Å²) in [6.45, 7) is 25.3. The summed E-state index contributed by atoms with van der Waals surface area (Å²) >= 11 is 0. The zero-order chi connectivity index (χ0) is 27.8. The summed E-state index contributed by atoms with van der Waals surface area (Å²) in [6, 6.07) is 7.56. The zero-order valence-electron chi connectivity index (χ0n) is 23.8. The first-order valence-corrected chi connectivity index (χ1v) is 12.5. The van der Waals surface area contributed by atoms with E-state index >= 15 is 0 Å². The Morgan fingerprint density at radius 1 is 1.00 bits per heavy atom. The third kappa shape index (κ3) is 32.0. The molecule has 34 heavy (non-hydrogen) atoms. The van der Waals surface area contributed by atoms with Crippen LogP contribution in [0.4, 0.5) is 5.69 Å². The molecule has 1 rings (SSSR count). The van der Waals surface area contributed by atoms with Gasteiger partial charge < -0.3 is 26.8 Å². The van der Waals surface area contributed by atoms with Gasteiger partial charge >= 0.3 is 0 Å². The van der Waals surface area contributed by atoms with Crippen molar-refractivity contribution in [3.63, 3.8) is 0 Å². The maximum Gasteiger partial charge on any atom is 0.236 e. The van der Waals surface area contributed by atoms with Crippen molar-refractivity contribution in [1.29, 1.82) is 0 Å². The van der Waals surface area contributed by atoms with Crippen molar-refractivity contribution in [3.05, 3.63) is 55.6 Å². The van der Waals surface area contributed by atoms with Gasteiger partial charge in [0.25, 0.3) is 0 Å². The van der Waals surface area contributed by atoms with E-state index in [9.17, 15) is 4.79 Å². The van der Waals surface area contributed by atoms with E-state index in [4.69, 9.17) is 10.8 Å². The average molecular weight is 483 g/mol. The molecule has 0 saturated heterocycles. The van der Waals surface area contributed by atoms with Crippen molar-refractivity contribution >= 4 is 11.6 Å². The van der Waals surface area contributed by atoms with Gasteiger partial charge in [-0.1, -0.05) is 66.2 Å². The summed E-state index contributed by atoms with van der Waals surface area (Å²) < 4.78 is 0. The van der Waals surface area contributed by atoms with Gasteiger partial charge in [-0.2, -0.15) is 0 Å². The van der Waals surface area contributed by atoms with E-state index in [0.717, 1.165) is 24.3 Å². The molecule has 1 amide bonds. The molecule has 6 heteroatoms. The van der Waals surface area contributed by atoms with E-state index in [-0.39, 0.29) is 24.5 Å². The Labute approximate surface area is 212 Å². The topological polar surface area (TPSA) is 99.4 Å². The van der Waals surface area contributed by atoms with Crippen molar-refractivity contribution in [2.75, 3.05) is 32.5 Å². The van der Waals surface area contributed by atoms with E-state index < -0.39 is 0 Å². The number of carbonyl (C=O) groups excluding carboxylic acids is 1. The van der Waals surface area contributed by atoms with Crippen LogP contribution in [-0.4, -0.2) is 44.2 Å². The highest BCUT2D eigenvalue weighted by Gasteiger charge is 2.14. The molecule has 0 aliphatic rings. The standard InChI is InChI=1S/C13H22N2O.C6H14N2O.C3H6.2C2H6.C2H4/c1-14-9-3-2-4-10-15-13-7-5-12(11-16)6-8-13;1-4(2)5(7)6(9)8-3;1-3-2;3*1-2/h5-8,14-16H,2-4,9-11H2,1H3;4-5H,7H2,1-3H3,(H,8,9);3H,1H2,2H3;2*1-2H3;1-2H2. The van der Waals surface area contributed by atoms with Crippen molar-refractivity contribution in [2.24, 2.45) is 11.7 Å². The van der Waals surface area contributed by atoms with Crippen molar-refractivity contribution in [3.8, 4) is 0 Å². The van der Waals surface area contributed by atoms with Crippen LogP contribution < -0.4 is 21.7 Å². The van der Waals surface area contributed by atoms with Crippen LogP contribution >= 0.6 is 0 Å². The molecule has 0 aliphatic carbocycles. The summed E-state index contributed by atoms with van der Waals surface area (Å²) in [4.78, 5) is 10.7. The van der Waals surface area contributed by atoms with Gasteiger partial charge in [-0.3, -0.25) is 4.79 Å². The number of allylic oxidation sites excluding steroid dienone is 1. The van der Waals surface area contributed by atoms with Crippen molar-refractivity contribution < 1.29 is 9.90 Å². The van der Waals surface area contributed by atoms with Crippen LogP contribution in [0.3, 0.4) is 0 Å². The third-order valence-electron chi connectivity index (χ3n) is 3.84. The quantitative estimate of drug-likeness (QED) is 0.216. The van der Waals surface area contributed by atoms with Crippen LogP contribution in [0.5, 0.6) is 0 Å². The second-order valence-electron chi connectivity index (χ2n) is 6.74. The van der Waals surface area contributed by atoms with Gasteiger partial charge in [-0.25, -0.2) is 0 Å². The number of aliphatic hydroxyl groups excluding tert-OH is 1. The largest absolute Gasteiger partial charge is 0.392 e. The van der Waals surface area contributed by atoms with E-state index in [0.29, 0.717) is 0 Å². The van der Waals surface area contributed by atoms with E-state index in [1.54, 1.807) is 13.1 Å². The number of likely N-dealkylation sites (N-methyl/N-ethyl adjacent to an activating group) is 1. The normalized spacial score (nSPS) is 9.29. The molecule has 1 unspecified atom stereocenters. The van der Waals surface area contributed by atoms with Crippen LogP contribution in [-0.2, 0) is 11.4 Å². The lowest BCUT2D eigenvalue weighted by atomic mass is 10.1. The Bertz CT molecular complexity index is 506. The number of hydrogen-bond donors (Lipinski definition) is 5. The average Bonchev–Trinajstić information content (AvgIpc) is 2.90. The van der Waals surface area contributed by atoms with E-state index in [2.05, 4.69) is 35.7 Å². The van der Waals surface area contributed by atoms with Gasteiger partial charge in [-0.05, 0) is 57.0 Å². The number of benzene rings is 1. The van der Waals surface area contributed by atoms with Crippen molar-refractivity contribution in [2.45, 2.75) is 80.4 Å². The smallest absolute Gasteiger partial charge is 0.236 e. The highest BCUT2D eigenvalue weighted by Crippen LogP contribution is 2.09. The Kier molecular flexibility index (Phi) is 47.2. The molecule has 0 aliphatic heterocycles. The molecule has 1 atom stereocenters. The van der Waals surface area contributed by atoms with Crippen LogP contribution in [0.1, 0.15) is 73.3 Å². The number of unbranched alkanes of at least 4 members (excludes halogenated alkanes) is 2. The van der Waals surface area contributed by atoms with Gasteiger partial charge in [0.15, 0.2) is 0 Å². The number of carbonyl (C=O) groups is 1. The van der Waals surface area contributed by atoms with Gasteiger partial charge in [0, 0.05) is 19.3 Å². The minimum Gasteiger partial charge on any atom is -0.392 e. The maximum absolute atomic E-state index is 10.7. The molecule has 0 bridgehead atoms. The first-order valence-electron chi connectivity index (χ1n) is 12.5. The van der Waals surface area contributed by atoms with E-state index in [1.807, 2.05) is 79.8 Å². The minimum atomic E-state index is -0.366. The van der Waals surface area contributed by atoms with E-state index in [1.165, 1.54) is 19.3 Å². The molecule has 0 fully saturated rings. The SMILES string of the molecule is C=C.C=CC.CC.CC.CNC(=O)C(N)C(C)C.CNCCCCCNc1ccc(CO)cc1. The fraction of sp³-hybridized carbons (Fsp3) is 0.607. The number of hydrogen-bond acceptors (Lipinski definition) is 5. The molecule has 0 saturated carbocycles. The number of amides is 1. The second kappa shape index (κ2) is 38.1. The lowest BCUT2D eigenvalue weighted by molar-refractivity contribution is -0.122. The molecule has 0 heterocycles. The van der Waals surface area contributed by atoms with Gasteiger partial charge in [-0.15, -0.1) is 19.7 Å². The summed E-state index contributed by atoms with van der Waals surface area (Å²) in [5.41, 5.74) is 7.55. The van der Waals surface area contributed by atoms with Crippen LogP contribution in [0.25, 0.3) is 0 Å². The highest BCUT2D eigenvalue weighted by molar-refractivity contribution is 5.81. The molecule has 6 N–H and O–H groups in total. The lowest BCUT2D eigenvalue weighted by Crippen LogP contribution is -2.42. The maximum atomic E-state index is 10.7. The Balaban J connectivity index is -0.000000132. The van der Waals surface area contributed by atoms with Crippen LogP contribution in [0.2, 0.25) is 0 Å². The minimum absolute atomic E-state index is 0.0926. The lowest BCUT2D eigenvalue weighted by Gasteiger charge is -2.12. The van der Waals surface area contributed by atoms with Gasteiger partial charge in [0.2, 0.25) is 5.91 Å². The molecule has 0 spiro atoms. The molecular formula is C28H58N4O2. The fourth-order valence-corrected chi connectivity index (χ4v) is 2.03. The summed E-state index contributed by atoms with van der Waals surface area (Å²) in [5, 5.41) is 17.9. The predicted octanol–water partition coefficient (Wildman–Crippen LogP) is 5.74. The number of nitrogens with two attached hydrogens (primary N) is 1. The summed E-state index contributed by atoms with van der Waals surface area (Å²) in [5.74, 6) is 0.120. The van der Waals surface area contributed by atoms with Gasteiger partial charge in [0.05, 0.1) is 12.6 Å². The monoisotopic (exact) mass is 482 g/mol. The number of aliphatic hydroxyl groups is 1. The fourth-order valence-electron chi connectivity index (χ4n) is 2.03. The molecule has 6 nitrogen and oxygen atoms in total. The Morgan fingerprint density at radius 2 is 1.44 bits per heavy atom. The molecule has 202 valence electrons. The summed E-state index contributed by atoms with van der Waals surface area (Å²) in [7, 11) is 3.57. The Morgan fingerprint density at radius 3 is 1.76 bits per heavy atom. The zero-order valence-corrected chi connectivity index (χ0v) is 23.8. The molecule has 1 aromatic rings. The highest BCUT2D eigenvalue weighted by atomic mass is 16.3.